The second-order valence-corrected chi connectivity index (χ2v) is 4.14. The summed E-state index contributed by atoms with van der Waals surface area (Å²) in [6.45, 7) is 0.733. The number of fused-ring (bicyclic) bond motifs is 1. The Hall–Kier alpha value is -0.940. The highest BCUT2D eigenvalue weighted by Gasteiger charge is 2.33. The molecule has 0 unspecified atom stereocenters. The van der Waals surface area contributed by atoms with E-state index in [0.29, 0.717) is 24.6 Å². The van der Waals surface area contributed by atoms with E-state index in [0.717, 1.165) is 12.1 Å². The molecule has 0 N–H and O–H groups in total. The van der Waals surface area contributed by atoms with Crippen LogP contribution in [0, 0.1) is 0 Å². The van der Waals surface area contributed by atoms with E-state index in [9.17, 15) is 13.2 Å². The number of hydrogen-bond donors (Lipinski definition) is 0. The van der Waals surface area contributed by atoms with Crippen LogP contribution in [0.2, 0.25) is 5.02 Å². The highest BCUT2D eigenvalue weighted by atomic mass is 35.5. The first-order valence-corrected chi connectivity index (χ1v) is 4.96. The molecule has 0 saturated heterocycles. The fourth-order valence-corrected chi connectivity index (χ4v) is 1.90. The highest BCUT2D eigenvalue weighted by molar-refractivity contribution is 6.32. The van der Waals surface area contributed by atoms with Crippen LogP contribution in [0.1, 0.15) is 11.1 Å². The lowest BCUT2D eigenvalue weighted by molar-refractivity contribution is -0.137. The first-order valence-electron chi connectivity index (χ1n) is 4.59. The molecular formula is C10H9ClF3NO. The average molecular weight is 252 g/mol. The van der Waals surface area contributed by atoms with Crippen molar-refractivity contribution in [1.29, 1.82) is 0 Å². The lowest BCUT2D eigenvalue weighted by atomic mass is 10.1. The zero-order chi connectivity index (χ0) is 11.9. The minimum atomic E-state index is -4.38. The van der Waals surface area contributed by atoms with E-state index in [-0.39, 0.29) is 5.02 Å². The Morgan fingerprint density at radius 1 is 1.38 bits per heavy atom. The van der Waals surface area contributed by atoms with Crippen molar-refractivity contribution in [2.24, 2.45) is 0 Å². The molecule has 0 fully saturated rings. The monoisotopic (exact) mass is 251 g/mol. The zero-order valence-corrected chi connectivity index (χ0v) is 9.19. The lowest BCUT2D eigenvalue weighted by Gasteiger charge is -2.27. The van der Waals surface area contributed by atoms with Gasteiger partial charge in [-0.15, -0.1) is 0 Å². The Morgan fingerprint density at radius 2 is 2.06 bits per heavy atom. The van der Waals surface area contributed by atoms with Gasteiger partial charge >= 0.3 is 6.18 Å². The molecule has 0 atom stereocenters. The first kappa shape index (κ1) is 11.5. The summed E-state index contributed by atoms with van der Waals surface area (Å²) in [5.74, 6) is 0.354. The number of nitrogens with zero attached hydrogens (tertiary/aromatic N) is 1. The molecule has 0 aliphatic carbocycles. The maximum Gasteiger partial charge on any atom is 0.416 e. The van der Waals surface area contributed by atoms with E-state index in [4.69, 9.17) is 16.3 Å². The fraction of sp³-hybridized carbons (Fsp3) is 0.400. The zero-order valence-electron chi connectivity index (χ0n) is 8.44. The predicted octanol–water partition coefficient (Wildman–Crippen LogP) is 3.14. The maximum atomic E-state index is 12.5. The second kappa shape index (κ2) is 3.82. The molecule has 0 bridgehead atoms. The van der Waals surface area contributed by atoms with Crippen LogP contribution in [0.4, 0.5) is 13.2 Å². The van der Waals surface area contributed by atoms with E-state index >= 15 is 0 Å². The minimum Gasteiger partial charge on any atom is -0.476 e. The molecule has 1 aliphatic heterocycles. The number of benzene rings is 1. The summed E-state index contributed by atoms with van der Waals surface area (Å²) >= 11 is 5.76. The molecule has 0 spiro atoms. The number of rotatable bonds is 0. The van der Waals surface area contributed by atoms with Gasteiger partial charge in [-0.25, -0.2) is 0 Å². The second-order valence-electron chi connectivity index (χ2n) is 3.73. The molecule has 1 aromatic rings. The van der Waals surface area contributed by atoms with E-state index < -0.39 is 11.7 Å². The van der Waals surface area contributed by atoms with E-state index in [1.54, 1.807) is 11.9 Å². The van der Waals surface area contributed by atoms with Gasteiger partial charge in [-0.3, -0.25) is 4.90 Å². The molecule has 6 heteroatoms. The standard InChI is InChI=1S/C10H9ClF3NO/c1-15-4-6-2-7(10(12,13)14)3-8(11)9(6)16-5-15/h2-3H,4-5H2,1H3. The van der Waals surface area contributed by atoms with Crippen molar-refractivity contribution < 1.29 is 17.9 Å². The molecule has 1 aliphatic rings. The van der Waals surface area contributed by atoms with Gasteiger partial charge in [-0.1, -0.05) is 11.6 Å². The number of alkyl halides is 3. The minimum absolute atomic E-state index is 0.0120. The molecule has 1 aromatic carbocycles. The molecule has 2 rings (SSSR count). The SMILES string of the molecule is CN1COc2c(Cl)cc(C(F)(F)F)cc2C1. The van der Waals surface area contributed by atoms with Gasteiger partial charge in [0.1, 0.15) is 12.5 Å². The summed E-state index contributed by atoms with van der Waals surface area (Å²) in [7, 11) is 1.76. The van der Waals surface area contributed by atoms with Crippen LogP contribution in [-0.2, 0) is 12.7 Å². The normalized spacial score (nSPS) is 16.8. The van der Waals surface area contributed by atoms with Gasteiger partial charge in [-0.2, -0.15) is 13.2 Å². The van der Waals surface area contributed by atoms with Gasteiger partial charge in [0.25, 0.3) is 0 Å². The van der Waals surface area contributed by atoms with Crippen molar-refractivity contribution in [2.45, 2.75) is 12.7 Å². The Labute approximate surface area is 95.6 Å². The van der Waals surface area contributed by atoms with Crippen molar-refractivity contribution in [3.8, 4) is 5.75 Å². The van der Waals surface area contributed by atoms with Gasteiger partial charge in [-0.05, 0) is 19.2 Å². The fourth-order valence-electron chi connectivity index (χ4n) is 1.60. The molecule has 0 radical (unpaired) electrons. The molecule has 16 heavy (non-hydrogen) atoms. The molecule has 2 nitrogen and oxygen atoms in total. The number of ether oxygens (including phenoxy) is 1. The van der Waals surface area contributed by atoms with Gasteiger partial charge in [0.2, 0.25) is 0 Å². The van der Waals surface area contributed by atoms with Crippen molar-refractivity contribution in [3.63, 3.8) is 0 Å². The Morgan fingerprint density at radius 3 is 2.69 bits per heavy atom. The predicted molar refractivity (Wildman–Crippen MR) is 53.4 cm³/mol. The topological polar surface area (TPSA) is 12.5 Å². The summed E-state index contributed by atoms with van der Waals surface area (Å²) in [6, 6.07) is 1.97. The van der Waals surface area contributed by atoms with Crippen LogP contribution in [0.15, 0.2) is 12.1 Å². The third kappa shape index (κ3) is 2.10. The number of hydrogen-bond acceptors (Lipinski definition) is 2. The Kier molecular flexibility index (Phi) is 2.75. The molecule has 0 saturated carbocycles. The Bertz CT molecular complexity index is 419. The molecule has 0 amide bonds. The quantitative estimate of drug-likeness (QED) is 0.702. The van der Waals surface area contributed by atoms with Crippen LogP contribution in [0.3, 0.4) is 0 Å². The van der Waals surface area contributed by atoms with E-state index in [2.05, 4.69) is 0 Å². The van der Waals surface area contributed by atoms with Crippen LogP contribution >= 0.6 is 11.6 Å². The van der Waals surface area contributed by atoms with Crippen LogP contribution in [0.5, 0.6) is 5.75 Å². The summed E-state index contributed by atoms with van der Waals surface area (Å²) < 4.78 is 42.8. The third-order valence-corrected chi connectivity index (χ3v) is 2.60. The highest BCUT2D eigenvalue weighted by Crippen LogP contribution is 2.39. The van der Waals surface area contributed by atoms with Crippen molar-refractivity contribution in [2.75, 3.05) is 13.8 Å². The smallest absolute Gasteiger partial charge is 0.416 e. The van der Waals surface area contributed by atoms with Gasteiger partial charge in [0.15, 0.2) is 0 Å². The van der Waals surface area contributed by atoms with Crippen molar-refractivity contribution >= 4 is 11.6 Å². The molecule has 1 heterocycles. The third-order valence-electron chi connectivity index (χ3n) is 2.32. The summed E-state index contributed by atoms with van der Waals surface area (Å²) in [4.78, 5) is 1.76. The first-order chi connectivity index (χ1) is 7.38. The summed E-state index contributed by atoms with van der Waals surface area (Å²) in [5.41, 5.74) is -0.274. The van der Waals surface area contributed by atoms with Crippen molar-refractivity contribution in [3.05, 3.63) is 28.3 Å². The van der Waals surface area contributed by atoms with Gasteiger partial charge in [0, 0.05) is 12.1 Å². The van der Waals surface area contributed by atoms with Crippen LogP contribution < -0.4 is 4.74 Å². The van der Waals surface area contributed by atoms with Gasteiger partial charge < -0.3 is 4.74 Å². The maximum absolute atomic E-state index is 12.5. The Balaban J connectivity index is 2.48. The number of halogens is 4. The van der Waals surface area contributed by atoms with E-state index in [1.165, 1.54) is 0 Å². The van der Waals surface area contributed by atoms with Crippen molar-refractivity contribution in [1.82, 2.24) is 4.90 Å². The van der Waals surface area contributed by atoms with Crippen LogP contribution in [0.25, 0.3) is 0 Å². The lowest BCUT2D eigenvalue weighted by Crippen LogP contribution is -2.28. The average Bonchev–Trinajstić information content (AvgIpc) is 2.15. The molecule has 88 valence electrons. The molecular weight excluding hydrogens is 243 g/mol. The van der Waals surface area contributed by atoms with E-state index in [1.807, 2.05) is 0 Å². The van der Waals surface area contributed by atoms with Gasteiger partial charge in [0.05, 0.1) is 10.6 Å². The van der Waals surface area contributed by atoms with Crippen LogP contribution in [-0.4, -0.2) is 18.7 Å². The molecule has 0 aromatic heterocycles. The summed E-state index contributed by atoms with van der Waals surface area (Å²) in [5, 5.41) is 0.0120. The summed E-state index contributed by atoms with van der Waals surface area (Å²) in [6.07, 6.45) is -4.38. The largest absolute Gasteiger partial charge is 0.476 e.